The van der Waals surface area contributed by atoms with Gasteiger partial charge in [-0.3, -0.25) is 4.79 Å². The van der Waals surface area contributed by atoms with Gasteiger partial charge in [-0.05, 0) is 32.0 Å². The second-order valence-electron chi connectivity index (χ2n) is 4.73. The molecule has 0 aliphatic rings. The predicted octanol–water partition coefficient (Wildman–Crippen LogP) is 0.680. The Bertz CT molecular complexity index is 677. The van der Waals surface area contributed by atoms with Gasteiger partial charge in [0.2, 0.25) is 15.9 Å². The van der Waals surface area contributed by atoms with Crippen molar-refractivity contribution in [3.05, 3.63) is 23.8 Å². The Hall–Kier alpha value is -2.11. The number of hydrogen-bond donors (Lipinski definition) is 2. The molecule has 7 nitrogen and oxygen atoms in total. The van der Waals surface area contributed by atoms with Crippen molar-refractivity contribution in [1.82, 2.24) is 4.31 Å². The van der Waals surface area contributed by atoms with E-state index in [9.17, 15) is 13.2 Å². The molecule has 4 N–H and O–H groups in total. The molecule has 0 aliphatic carbocycles. The molecule has 0 fully saturated rings. The van der Waals surface area contributed by atoms with Crippen LogP contribution in [0.2, 0.25) is 0 Å². The van der Waals surface area contributed by atoms with Crippen LogP contribution >= 0.6 is 0 Å². The van der Waals surface area contributed by atoms with E-state index in [1.165, 1.54) is 22.5 Å². The Morgan fingerprint density at radius 3 is 2.48 bits per heavy atom. The van der Waals surface area contributed by atoms with Gasteiger partial charge < -0.3 is 11.5 Å². The quantitative estimate of drug-likeness (QED) is 0.746. The minimum absolute atomic E-state index is 0.0473. The van der Waals surface area contributed by atoms with Crippen LogP contribution in [-0.4, -0.2) is 31.2 Å². The minimum Gasteiger partial charge on any atom is -0.398 e. The Morgan fingerprint density at radius 2 is 2.05 bits per heavy atom. The average Bonchev–Trinajstić information content (AvgIpc) is 2.37. The molecule has 114 valence electrons. The summed E-state index contributed by atoms with van der Waals surface area (Å²) in [5, 5.41) is 8.64. The van der Waals surface area contributed by atoms with Crippen molar-refractivity contribution in [3.63, 3.8) is 0 Å². The number of carbonyl (C=O) groups excluding carboxylic acids is 1. The summed E-state index contributed by atoms with van der Waals surface area (Å²) < 4.78 is 26.4. The van der Waals surface area contributed by atoms with Crippen LogP contribution in [0.5, 0.6) is 0 Å². The first-order valence-corrected chi connectivity index (χ1v) is 7.74. The van der Waals surface area contributed by atoms with Crippen LogP contribution in [0.1, 0.15) is 30.6 Å². The number of benzene rings is 1. The number of anilines is 1. The van der Waals surface area contributed by atoms with Gasteiger partial charge in [0.05, 0.1) is 11.8 Å². The lowest BCUT2D eigenvalue weighted by Gasteiger charge is -2.25. The standard InChI is InChI=1S/C13H18N4O3S/c1-9(2)17(7-3-6-14)21(19,20)12-5-4-10(13(16)18)8-11(12)15/h4-5,8-9H,3,7,15H2,1-2H3,(H2,16,18). The van der Waals surface area contributed by atoms with Gasteiger partial charge in [-0.25, -0.2) is 8.42 Å². The lowest BCUT2D eigenvalue weighted by atomic mass is 10.2. The van der Waals surface area contributed by atoms with E-state index in [1.807, 2.05) is 6.07 Å². The van der Waals surface area contributed by atoms with Crippen molar-refractivity contribution in [1.29, 1.82) is 5.26 Å². The summed E-state index contributed by atoms with van der Waals surface area (Å²) in [7, 11) is -3.84. The summed E-state index contributed by atoms with van der Waals surface area (Å²) in [6.45, 7) is 3.50. The fourth-order valence-electron chi connectivity index (χ4n) is 1.88. The summed E-state index contributed by atoms with van der Waals surface area (Å²) >= 11 is 0. The number of hydrogen-bond acceptors (Lipinski definition) is 5. The number of nitrogen functional groups attached to an aromatic ring is 1. The van der Waals surface area contributed by atoms with Gasteiger partial charge in [0.25, 0.3) is 0 Å². The summed E-state index contributed by atoms with van der Waals surface area (Å²) in [6, 6.07) is 5.40. The summed E-state index contributed by atoms with van der Waals surface area (Å²) in [4.78, 5) is 11.0. The number of nitriles is 1. The van der Waals surface area contributed by atoms with Gasteiger partial charge in [0.15, 0.2) is 0 Å². The van der Waals surface area contributed by atoms with E-state index < -0.39 is 15.9 Å². The monoisotopic (exact) mass is 310 g/mol. The molecule has 8 heteroatoms. The van der Waals surface area contributed by atoms with E-state index in [0.717, 1.165) is 0 Å². The molecular formula is C13H18N4O3S. The Balaban J connectivity index is 3.29. The number of nitrogens with zero attached hydrogens (tertiary/aromatic N) is 2. The van der Waals surface area contributed by atoms with E-state index in [2.05, 4.69) is 0 Å². The minimum atomic E-state index is -3.84. The van der Waals surface area contributed by atoms with Crippen molar-refractivity contribution in [2.45, 2.75) is 31.2 Å². The molecule has 1 rings (SSSR count). The molecule has 0 saturated heterocycles. The Kier molecular flexibility index (Phi) is 5.29. The van der Waals surface area contributed by atoms with Crippen molar-refractivity contribution >= 4 is 21.6 Å². The Labute approximate surface area is 124 Å². The van der Waals surface area contributed by atoms with Crippen molar-refractivity contribution in [3.8, 4) is 6.07 Å². The normalized spacial score (nSPS) is 11.6. The summed E-state index contributed by atoms with van der Waals surface area (Å²) in [6.07, 6.45) is 0.0800. The van der Waals surface area contributed by atoms with Crippen LogP contribution in [0, 0.1) is 11.3 Å². The van der Waals surface area contributed by atoms with Crippen LogP contribution in [0.25, 0.3) is 0 Å². The zero-order chi connectivity index (χ0) is 16.2. The molecule has 1 aromatic rings. The van der Waals surface area contributed by atoms with Crippen molar-refractivity contribution < 1.29 is 13.2 Å². The fraction of sp³-hybridized carbons (Fsp3) is 0.385. The third-order valence-corrected chi connectivity index (χ3v) is 5.05. The highest BCUT2D eigenvalue weighted by Gasteiger charge is 2.28. The topological polar surface area (TPSA) is 130 Å². The molecule has 1 amide bonds. The van der Waals surface area contributed by atoms with E-state index in [4.69, 9.17) is 16.7 Å². The molecule has 1 aromatic carbocycles. The lowest BCUT2D eigenvalue weighted by Crippen LogP contribution is -2.38. The number of carbonyl (C=O) groups is 1. The van der Waals surface area contributed by atoms with Crippen molar-refractivity contribution in [2.75, 3.05) is 12.3 Å². The fourth-order valence-corrected chi connectivity index (χ4v) is 3.62. The highest BCUT2D eigenvalue weighted by atomic mass is 32.2. The third-order valence-electron chi connectivity index (χ3n) is 2.90. The molecular weight excluding hydrogens is 292 g/mol. The highest BCUT2D eigenvalue weighted by molar-refractivity contribution is 7.89. The molecule has 0 unspecified atom stereocenters. The van der Waals surface area contributed by atoms with E-state index in [-0.39, 0.29) is 35.2 Å². The van der Waals surface area contributed by atoms with Crippen LogP contribution in [-0.2, 0) is 10.0 Å². The molecule has 0 atom stereocenters. The smallest absolute Gasteiger partial charge is 0.248 e. The van der Waals surface area contributed by atoms with Gasteiger partial charge in [0, 0.05) is 24.6 Å². The van der Waals surface area contributed by atoms with Crippen LogP contribution in [0.4, 0.5) is 5.69 Å². The zero-order valence-corrected chi connectivity index (χ0v) is 12.7. The molecule has 0 heterocycles. The number of amides is 1. The average molecular weight is 310 g/mol. The predicted molar refractivity (Wildman–Crippen MR) is 78.6 cm³/mol. The molecule has 0 aromatic heterocycles. The zero-order valence-electron chi connectivity index (χ0n) is 11.9. The summed E-state index contributed by atoms with van der Waals surface area (Å²) in [5.41, 5.74) is 10.9. The van der Waals surface area contributed by atoms with E-state index >= 15 is 0 Å². The highest BCUT2D eigenvalue weighted by Crippen LogP contribution is 2.25. The number of rotatable bonds is 6. The van der Waals surface area contributed by atoms with Crippen molar-refractivity contribution in [2.24, 2.45) is 5.73 Å². The molecule has 21 heavy (non-hydrogen) atoms. The molecule has 0 aliphatic heterocycles. The maximum absolute atomic E-state index is 12.6. The molecule has 0 spiro atoms. The van der Waals surface area contributed by atoms with Gasteiger partial charge >= 0.3 is 0 Å². The summed E-state index contributed by atoms with van der Waals surface area (Å²) in [5.74, 6) is -0.684. The van der Waals surface area contributed by atoms with Gasteiger partial charge in [-0.1, -0.05) is 0 Å². The lowest BCUT2D eigenvalue weighted by molar-refractivity contribution is 0.1000. The second-order valence-corrected chi connectivity index (χ2v) is 6.59. The third kappa shape index (κ3) is 3.71. The van der Waals surface area contributed by atoms with Gasteiger partial charge in [-0.2, -0.15) is 9.57 Å². The maximum atomic E-state index is 12.6. The molecule has 0 bridgehead atoms. The SMILES string of the molecule is CC(C)N(CCC#N)S(=O)(=O)c1ccc(C(N)=O)cc1N. The van der Waals surface area contributed by atoms with E-state index in [0.29, 0.717) is 0 Å². The van der Waals surface area contributed by atoms with Crippen LogP contribution in [0.3, 0.4) is 0 Å². The first kappa shape index (κ1) is 16.9. The van der Waals surface area contributed by atoms with Crippen LogP contribution in [0.15, 0.2) is 23.1 Å². The molecule has 0 radical (unpaired) electrons. The maximum Gasteiger partial charge on any atom is 0.248 e. The first-order chi connectivity index (χ1) is 9.71. The van der Waals surface area contributed by atoms with Gasteiger partial charge in [0.1, 0.15) is 4.90 Å². The number of sulfonamides is 1. The van der Waals surface area contributed by atoms with Gasteiger partial charge in [-0.15, -0.1) is 0 Å². The molecule has 0 saturated carbocycles. The number of nitrogens with two attached hydrogens (primary N) is 2. The first-order valence-electron chi connectivity index (χ1n) is 6.30. The Morgan fingerprint density at radius 1 is 1.43 bits per heavy atom. The second kappa shape index (κ2) is 6.56. The van der Waals surface area contributed by atoms with E-state index in [1.54, 1.807) is 13.8 Å². The largest absolute Gasteiger partial charge is 0.398 e. The van der Waals surface area contributed by atoms with Crippen LogP contribution < -0.4 is 11.5 Å². The number of primary amides is 1.